The fourth-order valence-corrected chi connectivity index (χ4v) is 2.77. The molecule has 1 aromatic heterocycles. The van der Waals surface area contributed by atoms with E-state index in [9.17, 15) is 0 Å². The Balaban J connectivity index is 2.18. The van der Waals surface area contributed by atoms with Gasteiger partial charge in [0.1, 0.15) is 11.5 Å². The number of rotatable bonds is 5. The molecule has 0 spiro atoms. The molecule has 2 rings (SSSR count). The van der Waals surface area contributed by atoms with Gasteiger partial charge in [-0.25, -0.2) is 0 Å². The predicted molar refractivity (Wildman–Crippen MR) is 82.7 cm³/mol. The molecule has 0 bridgehead atoms. The molecule has 1 N–H and O–H groups in total. The summed E-state index contributed by atoms with van der Waals surface area (Å²) in [6.07, 6.45) is 1.72. The zero-order valence-corrected chi connectivity index (χ0v) is 13.4. The van der Waals surface area contributed by atoms with Crippen molar-refractivity contribution in [3.8, 4) is 0 Å². The minimum atomic E-state index is 0.138. The first-order valence-electron chi connectivity index (χ1n) is 6.33. The molecular weight excluding hydrogens is 326 g/mol. The van der Waals surface area contributed by atoms with Crippen LogP contribution in [0, 0.1) is 0 Å². The van der Waals surface area contributed by atoms with Gasteiger partial charge in [-0.1, -0.05) is 40.5 Å². The number of halogens is 2. The summed E-state index contributed by atoms with van der Waals surface area (Å²) in [6.45, 7) is 2.09. The van der Waals surface area contributed by atoms with E-state index in [0.29, 0.717) is 0 Å². The molecule has 4 heteroatoms. The van der Waals surface area contributed by atoms with Crippen LogP contribution in [0.2, 0.25) is 5.02 Å². The van der Waals surface area contributed by atoms with Crippen LogP contribution in [-0.2, 0) is 12.8 Å². The van der Waals surface area contributed by atoms with Gasteiger partial charge in [0.2, 0.25) is 0 Å². The molecule has 0 aliphatic heterocycles. The van der Waals surface area contributed by atoms with E-state index >= 15 is 0 Å². The molecule has 1 unspecified atom stereocenters. The van der Waals surface area contributed by atoms with Crippen LogP contribution < -0.4 is 5.32 Å². The first-order chi connectivity index (χ1) is 9.13. The molecule has 0 radical (unpaired) electrons. The van der Waals surface area contributed by atoms with E-state index in [-0.39, 0.29) is 6.04 Å². The number of nitrogens with one attached hydrogen (secondary N) is 1. The van der Waals surface area contributed by atoms with Gasteiger partial charge in [0, 0.05) is 15.9 Å². The second-order valence-corrected chi connectivity index (χ2v) is 5.76. The number of furan rings is 1. The third-order valence-electron chi connectivity index (χ3n) is 3.16. The van der Waals surface area contributed by atoms with Crippen molar-refractivity contribution in [1.29, 1.82) is 0 Å². The van der Waals surface area contributed by atoms with Crippen LogP contribution in [0.25, 0.3) is 0 Å². The third kappa shape index (κ3) is 3.62. The maximum atomic E-state index is 6.26. The first-order valence-corrected chi connectivity index (χ1v) is 7.51. The summed E-state index contributed by atoms with van der Waals surface area (Å²) in [7, 11) is 1.94. The van der Waals surface area contributed by atoms with Gasteiger partial charge >= 0.3 is 0 Å². The van der Waals surface area contributed by atoms with Crippen molar-refractivity contribution in [2.45, 2.75) is 25.8 Å². The molecular formula is C15H17BrClNO. The number of benzene rings is 1. The monoisotopic (exact) mass is 341 g/mol. The quantitative estimate of drug-likeness (QED) is 0.847. The van der Waals surface area contributed by atoms with Crippen molar-refractivity contribution in [2.24, 2.45) is 0 Å². The molecule has 0 aliphatic rings. The van der Waals surface area contributed by atoms with Crippen LogP contribution in [0.15, 0.2) is 39.2 Å². The standard InChI is InChI=1S/C15H17BrClNO/c1-3-12-6-7-15(19-12)14(18-2)8-10-4-5-11(16)9-13(10)17/h4-7,9,14,18H,3,8H2,1-2H3. The van der Waals surface area contributed by atoms with Crippen molar-refractivity contribution >= 4 is 27.5 Å². The Morgan fingerprint density at radius 3 is 2.68 bits per heavy atom. The normalized spacial score (nSPS) is 12.6. The average molecular weight is 343 g/mol. The Morgan fingerprint density at radius 2 is 2.11 bits per heavy atom. The lowest BCUT2D eigenvalue weighted by molar-refractivity contribution is 0.407. The van der Waals surface area contributed by atoms with Crippen molar-refractivity contribution in [1.82, 2.24) is 5.32 Å². The number of hydrogen-bond acceptors (Lipinski definition) is 2. The van der Waals surface area contributed by atoms with Gasteiger partial charge in [-0.2, -0.15) is 0 Å². The fraction of sp³-hybridized carbons (Fsp3) is 0.333. The average Bonchev–Trinajstić information content (AvgIpc) is 2.86. The maximum Gasteiger partial charge on any atom is 0.121 e. The number of likely N-dealkylation sites (N-methyl/N-ethyl adjacent to an activating group) is 1. The van der Waals surface area contributed by atoms with Crippen LogP contribution in [0.1, 0.15) is 30.0 Å². The Kier molecular flexibility index (Phi) is 5.08. The van der Waals surface area contributed by atoms with E-state index in [1.165, 1.54) is 0 Å². The Labute approximate surface area is 127 Å². The van der Waals surface area contributed by atoms with E-state index in [1.807, 2.05) is 37.4 Å². The summed E-state index contributed by atoms with van der Waals surface area (Å²) < 4.78 is 6.80. The van der Waals surface area contributed by atoms with Gasteiger partial charge < -0.3 is 9.73 Å². The van der Waals surface area contributed by atoms with Crippen LogP contribution in [0.5, 0.6) is 0 Å². The fourth-order valence-electron chi connectivity index (χ4n) is 2.02. The Bertz CT molecular complexity index is 553. The molecule has 19 heavy (non-hydrogen) atoms. The Morgan fingerprint density at radius 1 is 1.32 bits per heavy atom. The van der Waals surface area contributed by atoms with Crippen LogP contribution in [-0.4, -0.2) is 7.05 Å². The SMILES string of the molecule is CCc1ccc(C(Cc2ccc(Br)cc2Cl)NC)o1. The van der Waals surface area contributed by atoms with Crippen molar-refractivity contribution in [3.63, 3.8) is 0 Å². The summed E-state index contributed by atoms with van der Waals surface area (Å²) in [6, 6.07) is 10.2. The highest BCUT2D eigenvalue weighted by atomic mass is 79.9. The predicted octanol–water partition coefficient (Wildman–Crippen LogP) is 4.76. The second kappa shape index (κ2) is 6.60. The zero-order valence-electron chi connectivity index (χ0n) is 11.0. The van der Waals surface area contributed by atoms with Crippen LogP contribution in [0.4, 0.5) is 0 Å². The van der Waals surface area contributed by atoms with Gasteiger partial charge in [0.25, 0.3) is 0 Å². The first kappa shape index (κ1) is 14.6. The zero-order chi connectivity index (χ0) is 13.8. The lowest BCUT2D eigenvalue weighted by Gasteiger charge is -2.15. The molecule has 0 saturated carbocycles. The van der Waals surface area contributed by atoms with E-state index in [4.69, 9.17) is 16.0 Å². The molecule has 1 heterocycles. The molecule has 102 valence electrons. The highest BCUT2D eigenvalue weighted by Crippen LogP contribution is 2.27. The minimum Gasteiger partial charge on any atom is -0.464 e. The molecule has 0 amide bonds. The van der Waals surface area contributed by atoms with E-state index < -0.39 is 0 Å². The van der Waals surface area contributed by atoms with Gasteiger partial charge in [-0.05, 0) is 43.3 Å². The van der Waals surface area contributed by atoms with Crippen molar-refractivity contribution in [3.05, 3.63) is 56.9 Å². The summed E-state index contributed by atoms with van der Waals surface area (Å²) in [5, 5.41) is 4.06. The molecule has 2 nitrogen and oxygen atoms in total. The third-order valence-corrected chi connectivity index (χ3v) is 4.01. The van der Waals surface area contributed by atoms with Crippen LogP contribution in [0.3, 0.4) is 0 Å². The topological polar surface area (TPSA) is 25.2 Å². The van der Waals surface area contributed by atoms with Crippen molar-refractivity contribution in [2.75, 3.05) is 7.05 Å². The molecule has 1 aromatic carbocycles. The lowest BCUT2D eigenvalue weighted by atomic mass is 10.0. The molecule has 0 aliphatic carbocycles. The highest BCUT2D eigenvalue weighted by Gasteiger charge is 2.15. The van der Waals surface area contributed by atoms with E-state index in [1.54, 1.807) is 0 Å². The van der Waals surface area contributed by atoms with Crippen molar-refractivity contribution < 1.29 is 4.42 Å². The molecule has 1 atom stereocenters. The highest BCUT2D eigenvalue weighted by molar-refractivity contribution is 9.10. The smallest absolute Gasteiger partial charge is 0.121 e. The minimum absolute atomic E-state index is 0.138. The number of hydrogen-bond donors (Lipinski definition) is 1. The maximum absolute atomic E-state index is 6.26. The molecule has 0 fully saturated rings. The molecule has 2 aromatic rings. The van der Waals surface area contributed by atoms with Gasteiger partial charge in [-0.3, -0.25) is 0 Å². The summed E-state index contributed by atoms with van der Waals surface area (Å²) in [4.78, 5) is 0. The lowest BCUT2D eigenvalue weighted by Crippen LogP contribution is -2.18. The van der Waals surface area contributed by atoms with E-state index in [2.05, 4.69) is 28.2 Å². The van der Waals surface area contributed by atoms with Crippen LogP contribution >= 0.6 is 27.5 Å². The largest absolute Gasteiger partial charge is 0.464 e. The molecule has 0 saturated heterocycles. The van der Waals surface area contributed by atoms with Gasteiger partial charge in [-0.15, -0.1) is 0 Å². The summed E-state index contributed by atoms with van der Waals surface area (Å²) >= 11 is 9.68. The van der Waals surface area contributed by atoms with Gasteiger partial charge in [0.05, 0.1) is 6.04 Å². The Hall–Kier alpha value is -0.770. The number of aryl methyl sites for hydroxylation is 1. The van der Waals surface area contributed by atoms with E-state index in [0.717, 1.165) is 39.4 Å². The van der Waals surface area contributed by atoms with Gasteiger partial charge in [0.15, 0.2) is 0 Å². The summed E-state index contributed by atoms with van der Waals surface area (Å²) in [5.41, 5.74) is 1.11. The summed E-state index contributed by atoms with van der Waals surface area (Å²) in [5.74, 6) is 1.97. The second-order valence-electron chi connectivity index (χ2n) is 4.44.